The Morgan fingerprint density at radius 2 is 1.23 bits per heavy atom. The third-order valence-corrected chi connectivity index (χ3v) is 18.1. The molecule has 4 aliphatic carbocycles. The second kappa shape index (κ2) is 19.4. The van der Waals surface area contributed by atoms with Gasteiger partial charge in [0.2, 0.25) is 0 Å². The molecule has 0 amide bonds. The molecular formula is C45H76O20. The van der Waals surface area contributed by atoms with E-state index in [9.17, 15) is 66.4 Å². The average Bonchev–Trinajstić information content (AvgIpc) is 3.73. The van der Waals surface area contributed by atoms with E-state index in [1.807, 2.05) is 13.8 Å². The molecule has 65 heavy (non-hydrogen) atoms. The highest BCUT2D eigenvalue weighted by Crippen LogP contribution is 2.71. The third kappa shape index (κ3) is 8.78. The molecular weight excluding hydrogens is 860 g/mol. The molecule has 13 N–H and O–H groups in total. The van der Waals surface area contributed by atoms with Crippen LogP contribution in [-0.4, -0.2) is 209 Å². The Labute approximate surface area is 379 Å². The molecule has 20 nitrogen and oxygen atoms in total. The summed E-state index contributed by atoms with van der Waals surface area (Å²) in [4.78, 5) is 0. The van der Waals surface area contributed by atoms with Crippen molar-refractivity contribution in [1.29, 1.82) is 0 Å². The first-order valence-electron chi connectivity index (χ1n) is 24.0. The van der Waals surface area contributed by atoms with Gasteiger partial charge in [0.1, 0.15) is 73.2 Å². The van der Waals surface area contributed by atoms with Crippen molar-refractivity contribution < 1.29 is 99.5 Å². The van der Waals surface area contributed by atoms with E-state index >= 15 is 0 Å². The van der Waals surface area contributed by atoms with Gasteiger partial charge in [-0.3, -0.25) is 0 Å². The van der Waals surface area contributed by atoms with E-state index in [2.05, 4.69) is 13.8 Å². The number of aliphatic hydroxyl groups excluding tert-OH is 12. The molecule has 28 atom stereocenters. The molecule has 0 aromatic carbocycles. The Kier molecular flexibility index (Phi) is 15.1. The van der Waals surface area contributed by atoms with E-state index in [4.69, 9.17) is 33.2 Å². The van der Waals surface area contributed by atoms with Gasteiger partial charge in [0, 0.05) is 23.7 Å². The summed E-state index contributed by atoms with van der Waals surface area (Å²) in [5.74, 6) is -0.943. The third-order valence-electron chi connectivity index (χ3n) is 18.1. The zero-order valence-electron chi connectivity index (χ0n) is 37.8. The summed E-state index contributed by atoms with van der Waals surface area (Å²) in [6.07, 6.45) is -17.3. The maximum Gasteiger partial charge on any atom is 0.187 e. The van der Waals surface area contributed by atoms with Gasteiger partial charge in [-0.1, -0.05) is 27.7 Å². The van der Waals surface area contributed by atoms with Crippen LogP contribution in [0.3, 0.4) is 0 Å². The molecule has 0 aromatic heterocycles. The van der Waals surface area contributed by atoms with Gasteiger partial charge >= 0.3 is 0 Å². The lowest BCUT2D eigenvalue weighted by molar-refractivity contribution is -0.373. The van der Waals surface area contributed by atoms with Crippen molar-refractivity contribution in [3.63, 3.8) is 0 Å². The van der Waals surface area contributed by atoms with Crippen LogP contribution in [0.5, 0.6) is 0 Å². The van der Waals surface area contributed by atoms with Crippen LogP contribution in [-0.2, 0) is 33.2 Å². The number of hydrogen-bond acceptors (Lipinski definition) is 20. The number of ether oxygens (including phenoxy) is 7. The van der Waals surface area contributed by atoms with Crippen LogP contribution in [0.25, 0.3) is 0 Å². The topological polar surface area (TPSA) is 328 Å². The monoisotopic (exact) mass is 936 g/mol. The summed E-state index contributed by atoms with van der Waals surface area (Å²) < 4.78 is 41.8. The fraction of sp³-hybridized carbons (Fsp3) is 1.00. The Bertz CT molecular complexity index is 1600. The molecule has 0 aromatic rings. The van der Waals surface area contributed by atoms with Gasteiger partial charge in [0.15, 0.2) is 24.7 Å². The van der Waals surface area contributed by atoms with Gasteiger partial charge in [-0.05, 0) is 86.4 Å². The normalized spacial score (nSPS) is 56.1. The first-order chi connectivity index (χ1) is 30.7. The van der Waals surface area contributed by atoms with Gasteiger partial charge in [-0.25, -0.2) is 0 Å². The van der Waals surface area contributed by atoms with Crippen LogP contribution >= 0.6 is 0 Å². The molecule has 8 fully saturated rings. The smallest absolute Gasteiger partial charge is 0.187 e. The first-order valence-corrected chi connectivity index (χ1v) is 24.0. The summed E-state index contributed by atoms with van der Waals surface area (Å²) in [6, 6.07) is 0. The van der Waals surface area contributed by atoms with Crippen LogP contribution in [0.15, 0.2) is 0 Å². The Hall–Kier alpha value is -0.800. The lowest BCUT2D eigenvalue weighted by atomic mass is 9.43. The molecule has 376 valence electrons. The molecule has 0 bridgehead atoms. The predicted octanol–water partition coefficient (Wildman–Crippen LogP) is -2.81. The summed E-state index contributed by atoms with van der Waals surface area (Å²) in [6.45, 7) is 6.70. The molecule has 4 aliphatic heterocycles. The minimum absolute atomic E-state index is 0.0750. The van der Waals surface area contributed by atoms with E-state index in [1.165, 1.54) is 0 Å². The molecule has 20 heteroatoms. The highest BCUT2D eigenvalue weighted by atomic mass is 16.8. The van der Waals surface area contributed by atoms with Gasteiger partial charge in [-0.2, -0.15) is 0 Å². The van der Waals surface area contributed by atoms with Crippen molar-refractivity contribution in [3.05, 3.63) is 0 Å². The van der Waals surface area contributed by atoms with E-state index in [1.54, 1.807) is 0 Å². The molecule has 4 saturated heterocycles. The van der Waals surface area contributed by atoms with Crippen LogP contribution < -0.4 is 0 Å². The first kappa shape index (κ1) is 50.6. The van der Waals surface area contributed by atoms with Crippen molar-refractivity contribution in [2.45, 2.75) is 202 Å². The highest BCUT2D eigenvalue weighted by molar-refractivity contribution is 5.17. The van der Waals surface area contributed by atoms with Crippen LogP contribution in [0.4, 0.5) is 0 Å². The standard InChI is InChI=1S/C45H76O20/c1-18(17-59-40-37(56)34(53)31(50)26(14-46)61-40)7-10-45(58)19(2)30-25(65-45)12-24-22-6-5-20-11-21(8-9-43(20,3)23(22)13-29(49)44(24,30)4)60-42-39(36(55)33(52)28(16-48)63-42)64-41-38(57)35(54)32(51)27(15-47)62-41/h18-42,46-58H,5-17H2,1-4H3/t18-,19+,20-,21+,22-,23+,24+,25+,26-,27-,28-,29-,30+,31+,32+,33-,34+,35+,36+,37-,38-,39-,40-,41+,42-,43+,44-,45-/m1/s1. The van der Waals surface area contributed by atoms with Gasteiger partial charge < -0.3 is 99.5 Å². The van der Waals surface area contributed by atoms with Gasteiger partial charge in [0.05, 0.1) is 44.7 Å². The molecule has 0 unspecified atom stereocenters. The summed E-state index contributed by atoms with van der Waals surface area (Å²) in [5, 5.41) is 137. The zero-order chi connectivity index (χ0) is 47.1. The second-order valence-corrected chi connectivity index (χ2v) is 21.5. The van der Waals surface area contributed by atoms with E-state index in [0.717, 1.165) is 25.7 Å². The molecule has 4 heterocycles. The average molecular weight is 937 g/mol. The maximum absolute atomic E-state index is 12.3. The molecule has 8 aliphatic rings. The lowest BCUT2D eigenvalue weighted by Gasteiger charge is -2.62. The van der Waals surface area contributed by atoms with Crippen molar-refractivity contribution in [3.8, 4) is 0 Å². The van der Waals surface area contributed by atoms with E-state index in [-0.39, 0.29) is 59.7 Å². The van der Waals surface area contributed by atoms with Crippen molar-refractivity contribution >= 4 is 0 Å². The predicted molar refractivity (Wildman–Crippen MR) is 220 cm³/mol. The van der Waals surface area contributed by atoms with Crippen molar-refractivity contribution in [1.82, 2.24) is 0 Å². The minimum Gasteiger partial charge on any atom is -0.394 e. The summed E-state index contributed by atoms with van der Waals surface area (Å²) in [5.41, 5.74) is -0.618. The van der Waals surface area contributed by atoms with Crippen LogP contribution in [0.2, 0.25) is 0 Å². The van der Waals surface area contributed by atoms with Gasteiger partial charge in [0.25, 0.3) is 0 Å². The number of rotatable bonds is 13. The SMILES string of the molecule is C[C@H](CC[C@@]1(O)O[C@H]2C[C@H]3[C@@H]4CC[C@@H]5C[C@@H](O[C@@H]6O[C@H](CO)[C@@H](O)[C@H](O)[C@H]6O[C@@H]6O[C@H](CO)[C@H](O)[C@H](O)[C@H]6O)CC[C@]5(C)[C@H]4C[C@@H](O)[C@]3(C)[C@H]2[C@@H]1C)CO[C@@H]1O[C@H](CO)[C@H](O)[C@H](O)[C@H]1O. The zero-order valence-corrected chi connectivity index (χ0v) is 37.8. The number of aliphatic hydroxyl groups is 13. The molecule has 4 saturated carbocycles. The molecule has 0 spiro atoms. The fourth-order valence-electron chi connectivity index (χ4n) is 14.1. The number of hydrogen-bond donors (Lipinski definition) is 13. The number of fused-ring (bicyclic) bond motifs is 7. The van der Waals surface area contributed by atoms with E-state index < -0.39 is 129 Å². The Morgan fingerprint density at radius 3 is 1.86 bits per heavy atom. The molecule has 0 radical (unpaired) electrons. The summed E-state index contributed by atoms with van der Waals surface area (Å²) in [7, 11) is 0. The van der Waals surface area contributed by atoms with Crippen LogP contribution in [0, 0.1) is 52.3 Å². The van der Waals surface area contributed by atoms with E-state index in [0.29, 0.717) is 38.0 Å². The lowest BCUT2D eigenvalue weighted by Crippen LogP contribution is -2.65. The van der Waals surface area contributed by atoms with Crippen LogP contribution in [0.1, 0.15) is 85.5 Å². The van der Waals surface area contributed by atoms with Gasteiger partial charge in [-0.15, -0.1) is 0 Å². The quantitative estimate of drug-likeness (QED) is 0.0829. The van der Waals surface area contributed by atoms with Crippen molar-refractivity contribution in [2.24, 2.45) is 52.3 Å². The largest absolute Gasteiger partial charge is 0.394 e. The summed E-state index contributed by atoms with van der Waals surface area (Å²) >= 11 is 0. The molecule has 8 rings (SSSR count). The second-order valence-electron chi connectivity index (χ2n) is 21.5. The minimum atomic E-state index is -1.77. The Morgan fingerprint density at radius 1 is 0.646 bits per heavy atom. The van der Waals surface area contributed by atoms with Crippen molar-refractivity contribution in [2.75, 3.05) is 26.4 Å². The maximum atomic E-state index is 12.3. The highest BCUT2D eigenvalue weighted by Gasteiger charge is 2.71. The Balaban J connectivity index is 0.886. The fourth-order valence-corrected chi connectivity index (χ4v) is 14.1.